The van der Waals surface area contributed by atoms with Crippen LogP contribution in [0, 0.1) is 11.6 Å². The molecule has 0 aliphatic heterocycles. The van der Waals surface area contributed by atoms with Crippen molar-refractivity contribution in [3.63, 3.8) is 0 Å². The maximum atomic E-state index is 13.6. The third kappa shape index (κ3) is 3.58. The smallest absolute Gasteiger partial charge is 0.262 e. The molecule has 0 radical (unpaired) electrons. The van der Waals surface area contributed by atoms with Crippen molar-refractivity contribution in [1.82, 2.24) is 0 Å². The molecule has 0 saturated carbocycles. The van der Waals surface area contributed by atoms with Crippen molar-refractivity contribution in [2.75, 3.05) is 4.72 Å². The zero-order chi connectivity index (χ0) is 15.6. The molecule has 0 bridgehead atoms. The van der Waals surface area contributed by atoms with E-state index >= 15 is 0 Å². The van der Waals surface area contributed by atoms with E-state index in [-0.39, 0.29) is 21.7 Å². The lowest BCUT2D eigenvalue weighted by Gasteiger charge is -2.11. The molecule has 0 atom stereocenters. The number of aliphatic hydroxyl groups is 1. The Morgan fingerprint density at radius 3 is 2.29 bits per heavy atom. The number of anilines is 1. The fourth-order valence-corrected chi connectivity index (χ4v) is 3.33. The minimum atomic E-state index is -4.02. The fourth-order valence-electron chi connectivity index (χ4n) is 1.61. The predicted molar refractivity (Wildman–Crippen MR) is 77.2 cm³/mol. The average Bonchev–Trinajstić information content (AvgIpc) is 2.43. The first kappa shape index (κ1) is 15.9. The minimum Gasteiger partial charge on any atom is -0.392 e. The second-order valence-corrected chi connectivity index (χ2v) is 6.69. The first-order chi connectivity index (χ1) is 9.83. The Kier molecular flexibility index (Phi) is 4.60. The number of halogens is 3. The van der Waals surface area contributed by atoms with Gasteiger partial charge >= 0.3 is 0 Å². The summed E-state index contributed by atoms with van der Waals surface area (Å²) >= 11 is 2.91. The van der Waals surface area contributed by atoms with Gasteiger partial charge in [-0.15, -0.1) is 0 Å². The van der Waals surface area contributed by atoms with E-state index in [1.807, 2.05) is 0 Å². The average molecular weight is 378 g/mol. The number of nitrogens with one attached hydrogen (secondary N) is 1. The molecular weight excluding hydrogens is 368 g/mol. The van der Waals surface area contributed by atoms with Crippen LogP contribution in [0.1, 0.15) is 5.56 Å². The lowest BCUT2D eigenvalue weighted by molar-refractivity contribution is 0.282. The van der Waals surface area contributed by atoms with Gasteiger partial charge in [-0.2, -0.15) is 0 Å². The number of rotatable bonds is 4. The molecule has 0 aliphatic rings. The van der Waals surface area contributed by atoms with Crippen LogP contribution in [0.25, 0.3) is 0 Å². The summed E-state index contributed by atoms with van der Waals surface area (Å²) in [4.78, 5) is -0.102. The van der Waals surface area contributed by atoms with Crippen LogP contribution in [-0.4, -0.2) is 13.5 Å². The maximum absolute atomic E-state index is 13.6. The number of benzene rings is 2. The quantitative estimate of drug-likeness (QED) is 0.860. The summed E-state index contributed by atoms with van der Waals surface area (Å²) in [5.41, 5.74) is 0.172. The van der Waals surface area contributed by atoms with Crippen molar-refractivity contribution in [3.05, 3.63) is 58.1 Å². The van der Waals surface area contributed by atoms with E-state index in [4.69, 9.17) is 5.11 Å². The van der Waals surface area contributed by atoms with Crippen LogP contribution in [-0.2, 0) is 16.6 Å². The number of sulfonamides is 1. The standard InChI is InChI=1S/C13H10BrF2NO3S/c14-11-5-9(15)6-12(16)13(11)17-21(19,20)10-3-1-8(7-18)2-4-10/h1-6,17-18H,7H2. The van der Waals surface area contributed by atoms with E-state index in [1.165, 1.54) is 24.3 Å². The molecule has 0 aliphatic carbocycles. The third-order valence-corrected chi connectivity index (χ3v) is 4.65. The summed E-state index contributed by atoms with van der Waals surface area (Å²) in [5.74, 6) is -1.85. The molecule has 2 aromatic rings. The molecule has 0 spiro atoms. The van der Waals surface area contributed by atoms with E-state index in [1.54, 1.807) is 0 Å². The zero-order valence-electron chi connectivity index (χ0n) is 10.5. The maximum Gasteiger partial charge on any atom is 0.262 e. The summed E-state index contributed by atoms with van der Waals surface area (Å²) in [6.45, 7) is -0.216. The second-order valence-electron chi connectivity index (χ2n) is 4.15. The van der Waals surface area contributed by atoms with Crippen molar-refractivity contribution >= 4 is 31.6 Å². The Morgan fingerprint density at radius 2 is 1.76 bits per heavy atom. The van der Waals surface area contributed by atoms with Crippen LogP contribution >= 0.6 is 15.9 Å². The molecule has 112 valence electrons. The SMILES string of the molecule is O=S(=O)(Nc1c(F)cc(F)cc1Br)c1ccc(CO)cc1. The monoisotopic (exact) mass is 377 g/mol. The van der Waals surface area contributed by atoms with E-state index < -0.39 is 21.7 Å². The molecule has 0 fully saturated rings. The van der Waals surface area contributed by atoms with E-state index in [0.717, 1.165) is 6.07 Å². The van der Waals surface area contributed by atoms with Gasteiger partial charge in [0.05, 0.1) is 17.2 Å². The van der Waals surface area contributed by atoms with Gasteiger partial charge in [0.1, 0.15) is 5.82 Å². The van der Waals surface area contributed by atoms with Crippen molar-refractivity contribution in [2.24, 2.45) is 0 Å². The van der Waals surface area contributed by atoms with Gasteiger partial charge in [0.25, 0.3) is 10.0 Å². The van der Waals surface area contributed by atoms with Crippen LogP contribution < -0.4 is 4.72 Å². The fraction of sp³-hybridized carbons (Fsp3) is 0.0769. The summed E-state index contributed by atoms with van der Waals surface area (Å²) < 4.78 is 52.9. The summed E-state index contributed by atoms with van der Waals surface area (Å²) in [5, 5.41) is 8.91. The van der Waals surface area contributed by atoms with E-state index in [9.17, 15) is 17.2 Å². The Labute approximate surface area is 128 Å². The Morgan fingerprint density at radius 1 is 1.14 bits per heavy atom. The van der Waals surface area contributed by atoms with Gasteiger partial charge in [-0.3, -0.25) is 4.72 Å². The molecule has 0 saturated heterocycles. The van der Waals surface area contributed by atoms with Crippen molar-refractivity contribution in [2.45, 2.75) is 11.5 Å². The molecule has 21 heavy (non-hydrogen) atoms. The Balaban J connectivity index is 2.37. The first-order valence-electron chi connectivity index (χ1n) is 5.70. The normalized spacial score (nSPS) is 11.4. The molecule has 2 N–H and O–H groups in total. The summed E-state index contributed by atoms with van der Waals surface area (Å²) in [7, 11) is -4.02. The predicted octanol–water partition coefficient (Wildman–Crippen LogP) is 3.02. The first-order valence-corrected chi connectivity index (χ1v) is 7.98. The Bertz CT molecular complexity index is 740. The van der Waals surface area contributed by atoms with Gasteiger partial charge in [-0.25, -0.2) is 17.2 Å². The van der Waals surface area contributed by atoms with Gasteiger partial charge in [0.2, 0.25) is 0 Å². The van der Waals surface area contributed by atoms with Crippen LogP contribution in [0.4, 0.5) is 14.5 Å². The summed E-state index contributed by atoms with van der Waals surface area (Å²) in [6.07, 6.45) is 0. The number of hydrogen-bond donors (Lipinski definition) is 2. The number of hydrogen-bond acceptors (Lipinski definition) is 3. The second kappa shape index (κ2) is 6.08. The molecule has 4 nitrogen and oxygen atoms in total. The van der Waals surface area contributed by atoms with Crippen molar-refractivity contribution in [1.29, 1.82) is 0 Å². The lowest BCUT2D eigenvalue weighted by Crippen LogP contribution is -2.14. The van der Waals surface area contributed by atoms with Crippen molar-refractivity contribution < 1.29 is 22.3 Å². The van der Waals surface area contributed by atoms with Gasteiger partial charge in [0, 0.05) is 10.5 Å². The molecule has 0 amide bonds. The molecule has 0 heterocycles. The number of aliphatic hydroxyl groups excluding tert-OH is 1. The molecule has 0 aromatic heterocycles. The van der Waals surface area contributed by atoms with Gasteiger partial charge in [-0.05, 0) is 39.7 Å². The highest BCUT2D eigenvalue weighted by molar-refractivity contribution is 9.10. The highest BCUT2D eigenvalue weighted by Crippen LogP contribution is 2.29. The van der Waals surface area contributed by atoms with Crippen LogP contribution in [0.5, 0.6) is 0 Å². The Hall–Kier alpha value is -1.51. The molecular formula is C13H10BrF2NO3S. The molecule has 8 heteroatoms. The lowest BCUT2D eigenvalue weighted by atomic mass is 10.2. The highest BCUT2D eigenvalue weighted by atomic mass is 79.9. The minimum absolute atomic E-state index is 0.0458. The van der Waals surface area contributed by atoms with Crippen LogP contribution in [0.15, 0.2) is 45.8 Å². The van der Waals surface area contributed by atoms with Gasteiger partial charge in [0.15, 0.2) is 5.82 Å². The van der Waals surface area contributed by atoms with Crippen molar-refractivity contribution in [3.8, 4) is 0 Å². The van der Waals surface area contributed by atoms with E-state index in [0.29, 0.717) is 11.6 Å². The highest BCUT2D eigenvalue weighted by Gasteiger charge is 2.19. The zero-order valence-corrected chi connectivity index (χ0v) is 12.9. The largest absolute Gasteiger partial charge is 0.392 e. The third-order valence-electron chi connectivity index (χ3n) is 2.66. The van der Waals surface area contributed by atoms with Gasteiger partial charge < -0.3 is 5.11 Å². The summed E-state index contributed by atoms with van der Waals surface area (Å²) in [6, 6.07) is 6.97. The van der Waals surface area contributed by atoms with Crippen LogP contribution in [0.3, 0.4) is 0 Å². The molecule has 0 unspecified atom stereocenters. The van der Waals surface area contributed by atoms with E-state index in [2.05, 4.69) is 20.7 Å². The topological polar surface area (TPSA) is 66.4 Å². The molecule has 2 aromatic carbocycles. The van der Waals surface area contributed by atoms with Gasteiger partial charge in [-0.1, -0.05) is 12.1 Å². The van der Waals surface area contributed by atoms with Crippen LogP contribution in [0.2, 0.25) is 0 Å². The molecule has 2 rings (SSSR count).